The van der Waals surface area contributed by atoms with Crippen LogP contribution in [0.4, 0.5) is 0 Å². The Kier molecular flexibility index (Phi) is 3.26. The minimum atomic E-state index is -0.418. The van der Waals surface area contributed by atoms with E-state index in [4.69, 9.17) is 23.2 Å². The van der Waals surface area contributed by atoms with Gasteiger partial charge in [-0.2, -0.15) is 0 Å². The fourth-order valence-corrected chi connectivity index (χ4v) is 2.30. The first-order chi connectivity index (χ1) is 6.00. The summed E-state index contributed by atoms with van der Waals surface area (Å²) in [6, 6.07) is 0. The quantitative estimate of drug-likeness (QED) is 0.571. The third-order valence-electron chi connectivity index (χ3n) is 2.73. The van der Waals surface area contributed by atoms with Gasteiger partial charge in [-0.15, -0.1) is 23.2 Å². The van der Waals surface area contributed by atoms with Gasteiger partial charge in [-0.25, -0.2) is 0 Å². The largest absolute Gasteiger partial charge is 0.133 e. The standard InChI is InChI=1S/C11H14Cl2/c1-5-9-7(3)6(2)8(4)10(9)11(12)13/h5,11H,1-4H3/b9-5+. The van der Waals surface area contributed by atoms with Gasteiger partial charge in [0.2, 0.25) is 0 Å². The molecule has 0 spiro atoms. The van der Waals surface area contributed by atoms with Crippen molar-refractivity contribution < 1.29 is 0 Å². The van der Waals surface area contributed by atoms with Crippen LogP contribution in [0.2, 0.25) is 0 Å². The average molecular weight is 217 g/mol. The zero-order valence-corrected chi connectivity index (χ0v) is 9.92. The predicted molar refractivity (Wildman–Crippen MR) is 60.3 cm³/mol. The summed E-state index contributed by atoms with van der Waals surface area (Å²) in [7, 11) is 0. The lowest BCUT2D eigenvalue weighted by Gasteiger charge is -2.08. The molecule has 0 aliphatic heterocycles. The van der Waals surface area contributed by atoms with E-state index in [2.05, 4.69) is 26.8 Å². The molecule has 0 radical (unpaired) electrons. The molecule has 13 heavy (non-hydrogen) atoms. The van der Waals surface area contributed by atoms with Crippen LogP contribution < -0.4 is 0 Å². The van der Waals surface area contributed by atoms with Gasteiger partial charge in [-0.05, 0) is 55.6 Å². The highest BCUT2D eigenvalue weighted by molar-refractivity contribution is 6.46. The van der Waals surface area contributed by atoms with Crippen LogP contribution in [0.25, 0.3) is 0 Å². The molecular formula is C11H14Cl2. The second-order valence-electron chi connectivity index (χ2n) is 3.29. The SMILES string of the molecule is C/C=C1\C(C)=C(C)C(C)=C1C(Cl)Cl. The van der Waals surface area contributed by atoms with Crippen LogP contribution in [0.5, 0.6) is 0 Å². The lowest BCUT2D eigenvalue weighted by Crippen LogP contribution is -1.97. The average Bonchev–Trinajstić information content (AvgIpc) is 2.29. The molecule has 2 heteroatoms. The first kappa shape index (κ1) is 10.9. The summed E-state index contributed by atoms with van der Waals surface area (Å²) in [6.45, 7) is 8.30. The first-order valence-electron chi connectivity index (χ1n) is 4.34. The fourth-order valence-electron chi connectivity index (χ4n) is 1.74. The van der Waals surface area contributed by atoms with Crippen LogP contribution in [0.15, 0.2) is 33.9 Å². The summed E-state index contributed by atoms with van der Waals surface area (Å²) in [4.78, 5) is -0.418. The van der Waals surface area contributed by atoms with Crippen molar-refractivity contribution in [2.45, 2.75) is 32.5 Å². The van der Waals surface area contributed by atoms with E-state index in [1.165, 1.54) is 22.3 Å². The van der Waals surface area contributed by atoms with Gasteiger partial charge in [0.25, 0.3) is 0 Å². The molecule has 0 bridgehead atoms. The molecule has 0 fully saturated rings. The van der Waals surface area contributed by atoms with Crippen molar-refractivity contribution in [1.82, 2.24) is 0 Å². The second-order valence-corrected chi connectivity index (χ2v) is 4.39. The third kappa shape index (κ3) is 1.70. The molecule has 0 saturated carbocycles. The predicted octanol–water partition coefficient (Wildman–Crippen LogP) is 4.40. The molecule has 0 aromatic rings. The number of rotatable bonds is 1. The van der Waals surface area contributed by atoms with Crippen LogP contribution in [0.3, 0.4) is 0 Å². The Labute approximate surface area is 89.9 Å². The summed E-state index contributed by atoms with van der Waals surface area (Å²) in [5.74, 6) is 0. The topological polar surface area (TPSA) is 0 Å². The van der Waals surface area contributed by atoms with E-state index in [1.807, 2.05) is 6.92 Å². The molecule has 1 aliphatic carbocycles. The van der Waals surface area contributed by atoms with Crippen molar-refractivity contribution in [3.63, 3.8) is 0 Å². The van der Waals surface area contributed by atoms with E-state index in [9.17, 15) is 0 Å². The van der Waals surface area contributed by atoms with Gasteiger partial charge in [0.05, 0.1) is 0 Å². The van der Waals surface area contributed by atoms with E-state index >= 15 is 0 Å². The van der Waals surface area contributed by atoms with Gasteiger partial charge in [-0.3, -0.25) is 0 Å². The molecule has 0 saturated heterocycles. The fraction of sp³-hybridized carbons (Fsp3) is 0.455. The van der Waals surface area contributed by atoms with Gasteiger partial charge in [0.1, 0.15) is 4.84 Å². The Morgan fingerprint density at radius 3 is 1.85 bits per heavy atom. The van der Waals surface area contributed by atoms with E-state index in [1.54, 1.807) is 0 Å². The maximum atomic E-state index is 5.92. The van der Waals surface area contributed by atoms with E-state index < -0.39 is 4.84 Å². The molecule has 72 valence electrons. The highest BCUT2D eigenvalue weighted by atomic mass is 35.5. The van der Waals surface area contributed by atoms with Crippen LogP contribution in [0.1, 0.15) is 27.7 Å². The van der Waals surface area contributed by atoms with Crippen molar-refractivity contribution in [3.05, 3.63) is 33.9 Å². The molecule has 0 aromatic heterocycles. The van der Waals surface area contributed by atoms with E-state index in [0.29, 0.717) is 0 Å². The highest BCUT2D eigenvalue weighted by Gasteiger charge is 2.24. The molecule has 0 N–H and O–H groups in total. The first-order valence-corrected chi connectivity index (χ1v) is 5.21. The minimum absolute atomic E-state index is 0.418. The summed E-state index contributed by atoms with van der Waals surface area (Å²) in [5.41, 5.74) is 6.09. The number of hydrogen-bond acceptors (Lipinski definition) is 0. The number of hydrogen-bond donors (Lipinski definition) is 0. The molecular weight excluding hydrogens is 203 g/mol. The zero-order valence-electron chi connectivity index (χ0n) is 8.41. The zero-order chi connectivity index (χ0) is 10.2. The lowest BCUT2D eigenvalue weighted by atomic mass is 10.1. The molecule has 0 nitrogen and oxygen atoms in total. The van der Waals surface area contributed by atoms with Crippen LogP contribution in [-0.4, -0.2) is 4.84 Å². The molecule has 0 atom stereocenters. The molecule has 0 aromatic carbocycles. The molecule has 0 amide bonds. The van der Waals surface area contributed by atoms with Gasteiger partial charge in [-0.1, -0.05) is 6.08 Å². The normalized spacial score (nSPS) is 21.3. The number of halogens is 2. The molecule has 0 heterocycles. The Hall–Kier alpha value is -0.200. The van der Waals surface area contributed by atoms with Crippen LogP contribution in [-0.2, 0) is 0 Å². The second kappa shape index (κ2) is 3.89. The maximum absolute atomic E-state index is 5.92. The smallest absolute Gasteiger partial charge is 0.100 e. The van der Waals surface area contributed by atoms with E-state index in [-0.39, 0.29) is 0 Å². The van der Waals surface area contributed by atoms with Gasteiger partial charge >= 0.3 is 0 Å². The molecule has 1 rings (SSSR count). The summed E-state index contributed by atoms with van der Waals surface area (Å²) < 4.78 is 0. The molecule has 1 aliphatic rings. The number of allylic oxidation sites excluding steroid dienone is 6. The van der Waals surface area contributed by atoms with Crippen molar-refractivity contribution >= 4 is 23.2 Å². The van der Waals surface area contributed by atoms with Gasteiger partial charge in [0.15, 0.2) is 0 Å². The highest BCUT2D eigenvalue weighted by Crippen LogP contribution is 2.40. The number of alkyl halides is 2. The van der Waals surface area contributed by atoms with E-state index in [0.717, 1.165) is 5.57 Å². The van der Waals surface area contributed by atoms with Gasteiger partial charge < -0.3 is 0 Å². The van der Waals surface area contributed by atoms with Crippen molar-refractivity contribution in [1.29, 1.82) is 0 Å². The lowest BCUT2D eigenvalue weighted by molar-refractivity contribution is 1.28. The maximum Gasteiger partial charge on any atom is 0.133 e. The monoisotopic (exact) mass is 216 g/mol. The van der Waals surface area contributed by atoms with Crippen LogP contribution in [0, 0.1) is 0 Å². The van der Waals surface area contributed by atoms with Crippen molar-refractivity contribution in [3.8, 4) is 0 Å². The van der Waals surface area contributed by atoms with Gasteiger partial charge in [0, 0.05) is 0 Å². The Morgan fingerprint density at radius 1 is 1.00 bits per heavy atom. The summed E-state index contributed by atoms with van der Waals surface area (Å²) >= 11 is 11.8. The Bertz CT molecular complexity index is 317. The Morgan fingerprint density at radius 2 is 1.54 bits per heavy atom. The van der Waals surface area contributed by atoms with Crippen molar-refractivity contribution in [2.24, 2.45) is 0 Å². The third-order valence-corrected chi connectivity index (χ3v) is 3.17. The minimum Gasteiger partial charge on any atom is -0.100 e. The summed E-state index contributed by atoms with van der Waals surface area (Å²) in [5, 5.41) is 0. The summed E-state index contributed by atoms with van der Waals surface area (Å²) in [6.07, 6.45) is 2.07. The van der Waals surface area contributed by atoms with Crippen LogP contribution >= 0.6 is 23.2 Å². The van der Waals surface area contributed by atoms with Crippen molar-refractivity contribution in [2.75, 3.05) is 0 Å². The molecule has 0 unspecified atom stereocenters. The Balaban J connectivity index is 3.27.